The van der Waals surface area contributed by atoms with Crippen LogP contribution in [-0.2, 0) is 6.42 Å². The maximum absolute atomic E-state index is 4.47. The van der Waals surface area contributed by atoms with Gasteiger partial charge in [-0.25, -0.2) is 9.97 Å². The standard InChI is InChI=1S/C14H16N4/c1-15-13-5-7-16-14(17-13)11-3-4-12-10(9-11)6-8-18(12)2/h3-5,7,9H,6,8H2,1-2H3,(H,15,16,17). The highest BCUT2D eigenvalue weighted by molar-refractivity contribution is 5.67. The normalized spacial score (nSPS) is 13.6. The molecule has 0 spiro atoms. The molecule has 0 radical (unpaired) electrons. The molecule has 0 saturated heterocycles. The topological polar surface area (TPSA) is 41.1 Å². The molecule has 0 unspecified atom stereocenters. The van der Waals surface area contributed by atoms with Gasteiger partial charge in [0.2, 0.25) is 0 Å². The Hall–Kier alpha value is -2.10. The van der Waals surface area contributed by atoms with Crippen molar-refractivity contribution in [2.75, 3.05) is 30.9 Å². The van der Waals surface area contributed by atoms with E-state index in [-0.39, 0.29) is 0 Å². The fourth-order valence-electron chi connectivity index (χ4n) is 2.34. The number of hydrogen-bond acceptors (Lipinski definition) is 4. The number of fused-ring (bicyclic) bond motifs is 1. The van der Waals surface area contributed by atoms with E-state index in [1.165, 1.54) is 11.3 Å². The highest BCUT2D eigenvalue weighted by atomic mass is 15.1. The fraction of sp³-hybridized carbons (Fsp3) is 0.286. The molecule has 1 N–H and O–H groups in total. The van der Waals surface area contributed by atoms with E-state index in [2.05, 4.69) is 45.4 Å². The van der Waals surface area contributed by atoms with Crippen LogP contribution in [0.3, 0.4) is 0 Å². The van der Waals surface area contributed by atoms with Crippen molar-refractivity contribution in [3.63, 3.8) is 0 Å². The number of likely N-dealkylation sites (N-methyl/N-ethyl adjacent to an activating group) is 1. The highest BCUT2D eigenvalue weighted by Gasteiger charge is 2.16. The molecule has 1 aromatic heterocycles. The number of hydrogen-bond donors (Lipinski definition) is 1. The van der Waals surface area contributed by atoms with Crippen LogP contribution in [-0.4, -0.2) is 30.6 Å². The van der Waals surface area contributed by atoms with E-state index in [0.717, 1.165) is 30.2 Å². The first-order chi connectivity index (χ1) is 8.78. The zero-order valence-electron chi connectivity index (χ0n) is 10.6. The molecule has 2 aromatic rings. The van der Waals surface area contributed by atoms with Crippen molar-refractivity contribution >= 4 is 11.5 Å². The number of aromatic nitrogens is 2. The van der Waals surface area contributed by atoms with Crippen molar-refractivity contribution in [2.24, 2.45) is 0 Å². The van der Waals surface area contributed by atoms with Crippen LogP contribution in [0.1, 0.15) is 5.56 Å². The fourth-order valence-corrected chi connectivity index (χ4v) is 2.34. The van der Waals surface area contributed by atoms with Gasteiger partial charge in [-0.15, -0.1) is 0 Å². The molecule has 1 aromatic carbocycles. The third-order valence-corrected chi connectivity index (χ3v) is 3.38. The van der Waals surface area contributed by atoms with Gasteiger partial charge in [-0.05, 0) is 36.2 Å². The Balaban J connectivity index is 2.02. The van der Waals surface area contributed by atoms with Crippen LogP contribution in [0.5, 0.6) is 0 Å². The second kappa shape index (κ2) is 4.29. The lowest BCUT2D eigenvalue weighted by Crippen LogP contribution is -2.12. The Kier molecular flexibility index (Phi) is 2.63. The summed E-state index contributed by atoms with van der Waals surface area (Å²) < 4.78 is 0. The Morgan fingerprint density at radius 2 is 2.17 bits per heavy atom. The molecule has 0 amide bonds. The van der Waals surface area contributed by atoms with Crippen molar-refractivity contribution < 1.29 is 0 Å². The molecule has 3 rings (SSSR count). The van der Waals surface area contributed by atoms with Gasteiger partial charge < -0.3 is 10.2 Å². The van der Waals surface area contributed by atoms with Crippen molar-refractivity contribution in [1.82, 2.24) is 9.97 Å². The molecule has 1 aliphatic rings. The van der Waals surface area contributed by atoms with Crippen LogP contribution in [0.25, 0.3) is 11.4 Å². The average molecular weight is 240 g/mol. The molecular weight excluding hydrogens is 224 g/mol. The molecule has 92 valence electrons. The molecule has 18 heavy (non-hydrogen) atoms. The van der Waals surface area contributed by atoms with Gasteiger partial charge in [0.05, 0.1) is 0 Å². The minimum atomic E-state index is 0.777. The second-order valence-corrected chi connectivity index (χ2v) is 4.53. The highest BCUT2D eigenvalue weighted by Crippen LogP contribution is 2.30. The number of anilines is 2. The number of nitrogens with one attached hydrogen (secondary N) is 1. The van der Waals surface area contributed by atoms with Gasteiger partial charge in [-0.1, -0.05) is 0 Å². The lowest BCUT2D eigenvalue weighted by molar-refractivity contribution is 0.956. The summed E-state index contributed by atoms with van der Waals surface area (Å²) in [5.41, 5.74) is 3.79. The minimum Gasteiger partial charge on any atom is -0.374 e. The van der Waals surface area contributed by atoms with Gasteiger partial charge >= 0.3 is 0 Å². The van der Waals surface area contributed by atoms with Crippen LogP contribution in [0.15, 0.2) is 30.5 Å². The third kappa shape index (κ3) is 1.79. The molecule has 4 heteroatoms. The van der Waals surface area contributed by atoms with Gasteiger partial charge in [-0.3, -0.25) is 0 Å². The predicted octanol–water partition coefficient (Wildman–Crippen LogP) is 2.18. The first-order valence-electron chi connectivity index (χ1n) is 6.13. The largest absolute Gasteiger partial charge is 0.374 e. The SMILES string of the molecule is CNc1ccnc(-c2ccc3c(c2)CCN3C)n1. The summed E-state index contributed by atoms with van der Waals surface area (Å²) in [5.74, 6) is 1.62. The third-order valence-electron chi connectivity index (χ3n) is 3.38. The summed E-state index contributed by atoms with van der Waals surface area (Å²) in [6.45, 7) is 1.09. The van der Waals surface area contributed by atoms with E-state index in [9.17, 15) is 0 Å². The lowest BCUT2D eigenvalue weighted by Gasteiger charge is -2.12. The first-order valence-corrected chi connectivity index (χ1v) is 6.13. The number of benzene rings is 1. The van der Waals surface area contributed by atoms with Gasteiger partial charge in [0.25, 0.3) is 0 Å². The van der Waals surface area contributed by atoms with E-state index < -0.39 is 0 Å². The van der Waals surface area contributed by atoms with Crippen LogP contribution in [0.2, 0.25) is 0 Å². The number of nitrogens with zero attached hydrogens (tertiary/aromatic N) is 3. The minimum absolute atomic E-state index is 0.777. The van der Waals surface area contributed by atoms with Crippen LogP contribution in [0.4, 0.5) is 11.5 Å². The smallest absolute Gasteiger partial charge is 0.161 e. The van der Waals surface area contributed by atoms with Crippen molar-refractivity contribution in [3.05, 3.63) is 36.0 Å². The van der Waals surface area contributed by atoms with Crippen molar-refractivity contribution in [1.29, 1.82) is 0 Å². The van der Waals surface area contributed by atoms with Gasteiger partial charge in [0.15, 0.2) is 5.82 Å². The van der Waals surface area contributed by atoms with E-state index in [0.29, 0.717) is 0 Å². The van der Waals surface area contributed by atoms with E-state index >= 15 is 0 Å². The van der Waals surface area contributed by atoms with Gasteiger partial charge in [-0.2, -0.15) is 0 Å². The summed E-state index contributed by atoms with van der Waals surface area (Å²) >= 11 is 0. The summed E-state index contributed by atoms with van der Waals surface area (Å²) in [5, 5.41) is 3.04. The quantitative estimate of drug-likeness (QED) is 0.873. The molecule has 2 heterocycles. The second-order valence-electron chi connectivity index (χ2n) is 4.53. The Labute approximate surface area is 107 Å². The summed E-state index contributed by atoms with van der Waals surface area (Å²) in [4.78, 5) is 11.1. The zero-order valence-corrected chi connectivity index (χ0v) is 10.6. The Morgan fingerprint density at radius 3 is 3.00 bits per heavy atom. The van der Waals surface area contributed by atoms with Crippen LogP contribution >= 0.6 is 0 Å². The average Bonchev–Trinajstić information content (AvgIpc) is 2.80. The lowest BCUT2D eigenvalue weighted by atomic mass is 10.1. The molecule has 0 bridgehead atoms. The molecule has 0 atom stereocenters. The molecular formula is C14H16N4. The predicted molar refractivity (Wildman–Crippen MR) is 74.0 cm³/mol. The molecule has 0 aliphatic carbocycles. The monoisotopic (exact) mass is 240 g/mol. The molecule has 0 saturated carbocycles. The maximum Gasteiger partial charge on any atom is 0.161 e. The van der Waals surface area contributed by atoms with Gasteiger partial charge in [0.1, 0.15) is 5.82 Å². The zero-order chi connectivity index (χ0) is 12.5. The maximum atomic E-state index is 4.47. The molecule has 0 fully saturated rings. The summed E-state index contributed by atoms with van der Waals surface area (Å²) in [6, 6.07) is 8.32. The van der Waals surface area contributed by atoms with E-state index in [1.54, 1.807) is 6.20 Å². The first kappa shape index (κ1) is 11.0. The number of rotatable bonds is 2. The van der Waals surface area contributed by atoms with Crippen molar-refractivity contribution in [3.8, 4) is 11.4 Å². The summed E-state index contributed by atoms with van der Waals surface area (Å²) in [7, 11) is 3.99. The Morgan fingerprint density at radius 1 is 1.28 bits per heavy atom. The van der Waals surface area contributed by atoms with Gasteiger partial charge in [0, 0.05) is 38.1 Å². The van der Waals surface area contributed by atoms with Crippen molar-refractivity contribution in [2.45, 2.75) is 6.42 Å². The van der Waals surface area contributed by atoms with Crippen LogP contribution in [0, 0.1) is 0 Å². The molecule has 1 aliphatic heterocycles. The van der Waals surface area contributed by atoms with E-state index in [1.807, 2.05) is 13.1 Å². The Bertz CT molecular complexity index is 580. The van der Waals surface area contributed by atoms with Crippen LogP contribution < -0.4 is 10.2 Å². The van der Waals surface area contributed by atoms with E-state index in [4.69, 9.17) is 0 Å². The molecule has 4 nitrogen and oxygen atoms in total. The summed E-state index contributed by atoms with van der Waals surface area (Å²) in [6.07, 6.45) is 2.89.